The molecule has 1 heterocycles. The number of nitrogens with one attached hydrogen (secondary N) is 1. The maximum Gasteiger partial charge on any atom is 0.282 e. The standard InChI is InChI=1S/C28H28FN3O2/c1-5-31(6-2)23-15-11-22(12-16-23)30-26-25(20-8-7-18(3)19(4)17-20)27(33)32(28(26)34)24-13-9-21(29)10-14-24/h7-17,30H,5-6H2,1-4H3. The monoisotopic (exact) mass is 457 g/mol. The second kappa shape index (κ2) is 9.51. The molecule has 4 rings (SSSR count). The molecule has 0 saturated carbocycles. The molecule has 0 aromatic heterocycles. The Morgan fingerprint density at radius 3 is 2.06 bits per heavy atom. The maximum atomic E-state index is 13.5. The van der Waals surface area contributed by atoms with Crippen LogP contribution in [0, 0.1) is 19.7 Å². The number of rotatable bonds is 7. The molecule has 0 spiro atoms. The van der Waals surface area contributed by atoms with Crippen molar-refractivity contribution in [2.75, 3.05) is 28.2 Å². The van der Waals surface area contributed by atoms with Crippen LogP contribution in [0.25, 0.3) is 5.57 Å². The highest BCUT2D eigenvalue weighted by molar-refractivity contribution is 6.46. The van der Waals surface area contributed by atoms with Crippen LogP contribution in [-0.2, 0) is 9.59 Å². The molecule has 3 aromatic rings. The van der Waals surface area contributed by atoms with Gasteiger partial charge in [-0.25, -0.2) is 9.29 Å². The molecule has 6 heteroatoms. The summed E-state index contributed by atoms with van der Waals surface area (Å²) in [7, 11) is 0. The molecule has 0 unspecified atom stereocenters. The maximum absolute atomic E-state index is 13.5. The normalized spacial score (nSPS) is 13.6. The fourth-order valence-corrected chi connectivity index (χ4v) is 4.12. The molecule has 0 radical (unpaired) electrons. The number of carbonyl (C=O) groups is 2. The van der Waals surface area contributed by atoms with Gasteiger partial charge < -0.3 is 10.2 Å². The molecular weight excluding hydrogens is 429 g/mol. The number of hydrogen-bond acceptors (Lipinski definition) is 4. The highest BCUT2D eigenvalue weighted by atomic mass is 19.1. The van der Waals surface area contributed by atoms with E-state index in [0.717, 1.165) is 34.8 Å². The van der Waals surface area contributed by atoms with E-state index in [9.17, 15) is 14.0 Å². The van der Waals surface area contributed by atoms with E-state index in [1.165, 1.54) is 24.3 Å². The molecule has 0 bridgehead atoms. The first-order valence-corrected chi connectivity index (χ1v) is 11.4. The molecule has 0 fully saturated rings. The van der Waals surface area contributed by atoms with E-state index in [1.807, 2.05) is 56.3 Å². The molecule has 1 N–H and O–H groups in total. The van der Waals surface area contributed by atoms with Gasteiger partial charge in [0.15, 0.2) is 0 Å². The summed E-state index contributed by atoms with van der Waals surface area (Å²) >= 11 is 0. The summed E-state index contributed by atoms with van der Waals surface area (Å²) in [4.78, 5) is 30.3. The molecular formula is C28H28FN3O2. The molecule has 0 atom stereocenters. The molecule has 1 aliphatic rings. The summed E-state index contributed by atoms with van der Waals surface area (Å²) in [5, 5.41) is 3.19. The third-order valence-corrected chi connectivity index (χ3v) is 6.23. The SMILES string of the molecule is CCN(CC)c1ccc(NC2=C(c3ccc(C)c(C)c3)C(=O)N(c3ccc(F)cc3)C2=O)cc1. The Labute approximate surface area is 199 Å². The van der Waals surface area contributed by atoms with Gasteiger partial charge in [-0.1, -0.05) is 18.2 Å². The van der Waals surface area contributed by atoms with Gasteiger partial charge in [0.2, 0.25) is 0 Å². The van der Waals surface area contributed by atoms with Gasteiger partial charge in [0.1, 0.15) is 11.5 Å². The molecule has 3 aromatic carbocycles. The lowest BCUT2D eigenvalue weighted by Crippen LogP contribution is -2.32. The van der Waals surface area contributed by atoms with Gasteiger partial charge in [-0.2, -0.15) is 0 Å². The Morgan fingerprint density at radius 2 is 1.47 bits per heavy atom. The topological polar surface area (TPSA) is 52.7 Å². The van der Waals surface area contributed by atoms with Crippen LogP contribution in [0.1, 0.15) is 30.5 Å². The van der Waals surface area contributed by atoms with Gasteiger partial charge in [0.05, 0.1) is 11.3 Å². The van der Waals surface area contributed by atoms with Crippen LogP contribution in [-0.4, -0.2) is 24.9 Å². The summed E-state index contributed by atoms with van der Waals surface area (Å²) in [6.45, 7) is 9.95. The van der Waals surface area contributed by atoms with E-state index in [2.05, 4.69) is 24.1 Å². The van der Waals surface area contributed by atoms with Crippen molar-refractivity contribution in [3.8, 4) is 0 Å². The average molecular weight is 458 g/mol. The number of imide groups is 1. The van der Waals surface area contributed by atoms with Crippen LogP contribution < -0.4 is 15.1 Å². The number of carbonyl (C=O) groups excluding carboxylic acids is 2. The Bertz CT molecular complexity index is 1260. The highest BCUT2D eigenvalue weighted by Gasteiger charge is 2.40. The molecule has 34 heavy (non-hydrogen) atoms. The molecule has 174 valence electrons. The van der Waals surface area contributed by atoms with Gasteiger partial charge in [-0.05, 0) is 92.9 Å². The summed E-state index contributed by atoms with van der Waals surface area (Å²) in [5.74, 6) is -1.35. The number of anilines is 3. The number of aryl methyl sites for hydroxylation is 2. The largest absolute Gasteiger partial charge is 0.372 e. The lowest BCUT2D eigenvalue weighted by molar-refractivity contribution is -0.120. The van der Waals surface area contributed by atoms with Crippen molar-refractivity contribution in [2.45, 2.75) is 27.7 Å². The number of halogens is 1. The Kier molecular flexibility index (Phi) is 6.50. The smallest absolute Gasteiger partial charge is 0.282 e. The zero-order valence-corrected chi connectivity index (χ0v) is 19.9. The Hall–Kier alpha value is -3.93. The van der Waals surface area contributed by atoms with Crippen LogP contribution in [0.3, 0.4) is 0 Å². The van der Waals surface area contributed by atoms with Crippen LogP contribution >= 0.6 is 0 Å². The molecule has 1 aliphatic heterocycles. The minimum absolute atomic E-state index is 0.202. The van der Waals surface area contributed by atoms with Crippen molar-refractivity contribution < 1.29 is 14.0 Å². The van der Waals surface area contributed by atoms with Crippen molar-refractivity contribution in [3.63, 3.8) is 0 Å². The lowest BCUT2D eigenvalue weighted by atomic mass is 9.99. The van der Waals surface area contributed by atoms with Gasteiger partial charge in [-0.3, -0.25) is 9.59 Å². The highest BCUT2D eigenvalue weighted by Crippen LogP contribution is 2.34. The molecule has 0 aliphatic carbocycles. The lowest BCUT2D eigenvalue weighted by Gasteiger charge is -2.21. The number of nitrogens with zero attached hydrogens (tertiary/aromatic N) is 2. The zero-order chi connectivity index (χ0) is 24.4. The summed E-state index contributed by atoms with van der Waals surface area (Å²) in [5.41, 5.74) is 5.39. The van der Waals surface area contributed by atoms with E-state index >= 15 is 0 Å². The van der Waals surface area contributed by atoms with E-state index in [4.69, 9.17) is 0 Å². The quantitative estimate of drug-likeness (QED) is 0.464. The van der Waals surface area contributed by atoms with Gasteiger partial charge in [0.25, 0.3) is 11.8 Å². The van der Waals surface area contributed by atoms with Crippen LogP contribution in [0.2, 0.25) is 0 Å². The van der Waals surface area contributed by atoms with Crippen molar-refractivity contribution in [1.29, 1.82) is 0 Å². The minimum Gasteiger partial charge on any atom is -0.372 e. The number of hydrogen-bond donors (Lipinski definition) is 1. The number of benzene rings is 3. The number of amides is 2. The predicted molar refractivity (Wildman–Crippen MR) is 135 cm³/mol. The van der Waals surface area contributed by atoms with Gasteiger partial charge >= 0.3 is 0 Å². The Balaban J connectivity index is 1.76. The first kappa shape index (κ1) is 23.2. The molecule has 5 nitrogen and oxygen atoms in total. The van der Waals surface area contributed by atoms with Crippen molar-refractivity contribution in [3.05, 3.63) is 94.9 Å². The average Bonchev–Trinajstić information content (AvgIpc) is 3.07. The third-order valence-electron chi connectivity index (χ3n) is 6.23. The van der Waals surface area contributed by atoms with Crippen LogP contribution in [0.5, 0.6) is 0 Å². The second-order valence-electron chi connectivity index (χ2n) is 8.32. The Morgan fingerprint density at radius 1 is 0.824 bits per heavy atom. The van der Waals surface area contributed by atoms with E-state index in [1.54, 1.807) is 0 Å². The van der Waals surface area contributed by atoms with Gasteiger partial charge in [0, 0.05) is 24.5 Å². The second-order valence-corrected chi connectivity index (χ2v) is 8.32. The fraction of sp³-hybridized carbons (Fsp3) is 0.214. The van der Waals surface area contributed by atoms with Gasteiger partial charge in [-0.15, -0.1) is 0 Å². The van der Waals surface area contributed by atoms with Crippen molar-refractivity contribution in [1.82, 2.24) is 0 Å². The molecule has 0 saturated heterocycles. The summed E-state index contributed by atoms with van der Waals surface area (Å²) < 4.78 is 13.5. The zero-order valence-electron chi connectivity index (χ0n) is 19.9. The summed E-state index contributed by atoms with van der Waals surface area (Å²) in [6.07, 6.45) is 0. The van der Waals surface area contributed by atoms with Crippen LogP contribution in [0.4, 0.5) is 21.5 Å². The first-order valence-electron chi connectivity index (χ1n) is 11.4. The fourth-order valence-electron chi connectivity index (χ4n) is 4.12. The van der Waals surface area contributed by atoms with E-state index in [0.29, 0.717) is 22.5 Å². The third kappa shape index (κ3) is 4.31. The minimum atomic E-state index is -0.474. The van der Waals surface area contributed by atoms with Crippen LogP contribution in [0.15, 0.2) is 72.4 Å². The predicted octanol–water partition coefficient (Wildman–Crippen LogP) is 5.69. The van der Waals surface area contributed by atoms with E-state index in [-0.39, 0.29) is 5.70 Å². The molecule has 2 amide bonds. The van der Waals surface area contributed by atoms with E-state index < -0.39 is 17.6 Å². The van der Waals surface area contributed by atoms with Crippen molar-refractivity contribution >= 4 is 34.4 Å². The summed E-state index contributed by atoms with van der Waals surface area (Å²) in [6, 6.07) is 18.8. The first-order chi connectivity index (χ1) is 16.3. The van der Waals surface area contributed by atoms with Crippen molar-refractivity contribution in [2.24, 2.45) is 0 Å².